The molecule has 2 aromatic carbocycles. The summed E-state index contributed by atoms with van der Waals surface area (Å²) in [5.74, 6) is -0.251. The molecule has 22 heavy (non-hydrogen) atoms. The minimum absolute atomic E-state index is 0.180. The molecule has 2 aromatic rings. The van der Waals surface area contributed by atoms with E-state index in [4.69, 9.17) is 0 Å². The zero-order valence-electron chi connectivity index (χ0n) is 12.6. The van der Waals surface area contributed by atoms with E-state index in [1.165, 1.54) is 12.1 Å². The first-order valence-corrected chi connectivity index (χ1v) is 9.69. The van der Waals surface area contributed by atoms with Crippen molar-refractivity contribution in [3.05, 3.63) is 53.6 Å². The molecule has 1 N–H and O–H groups in total. The van der Waals surface area contributed by atoms with Crippen LogP contribution < -0.4 is 5.32 Å². The van der Waals surface area contributed by atoms with Gasteiger partial charge in [0, 0.05) is 22.4 Å². The van der Waals surface area contributed by atoms with E-state index in [9.17, 15) is 13.2 Å². The number of nitrogens with one attached hydrogen (secondary N) is 1. The Hall–Kier alpha value is -1.79. The van der Waals surface area contributed by atoms with Crippen molar-refractivity contribution >= 4 is 33.2 Å². The average molecular weight is 335 g/mol. The van der Waals surface area contributed by atoms with Crippen molar-refractivity contribution in [3.8, 4) is 0 Å². The van der Waals surface area contributed by atoms with Crippen LogP contribution in [0.25, 0.3) is 0 Å². The Morgan fingerprint density at radius 1 is 1.14 bits per heavy atom. The van der Waals surface area contributed by atoms with Crippen molar-refractivity contribution in [2.75, 3.05) is 17.8 Å². The van der Waals surface area contributed by atoms with Crippen LogP contribution >= 0.6 is 11.8 Å². The van der Waals surface area contributed by atoms with Crippen molar-refractivity contribution in [3.63, 3.8) is 0 Å². The Labute approximate surface area is 134 Å². The van der Waals surface area contributed by atoms with Gasteiger partial charge in [-0.2, -0.15) is 0 Å². The third-order valence-electron chi connectivity index (χ3n) is 3.21. The molecule has 0 fully saturated rings. The molecule has 1 amide bonds. The highest BCUT2D eigenvalue weighted by atomic mass is 32.2. The lowest BCUT2D eigenvalue weighted by Crippen LogP contribution is -2.14. The molecule has 0 radical (unpaired) electrons. The van der Waals surface area contributed by atoms with Crippen molar-refractivity contribution in [2.45, 2.75) is 16.7 Å². The second-order valence-corrected chi connectivity index (χ2v) is 7.83. The van der Waals surface area contributed by atoms with Crippen LogP contribution in [0.1, 0.15) is 15.9 Å². The van der Waals surface area contributed by atoms with Gasteiger partial charge in [-0.05, 0) is 49.1 Å². The van der Waals surface area contributed by atoms with Crippen LogP contribution in [0, 0.1) is 6.92 Å². The number of rotatable bonds is 4. The molecule has 0 bridgehead atoms. The number of hydrogen-bond acceptors (Lipinski definition) is 4. The normalized spacial score (nSPS) is 11.2. The summed E-state index contributed by atoms with van der Waals surface area (Å²) < 4.78 is 23.1. The Morgan fingerprint density at radius 2 is 1.86 bits per heavy atom. The zero-order chi connectivity index (χ0) is 16.3. The topological polar surface area (TPSA) is 63.2 Å². The molecule has 0 atom stereocenters. The first-order valence-electron chi connectivity index (χ1n) is 6.57. The van der Waals surface area contributed by atoms with Crippen molar-refractivity contribution in [1.29, 1.82) is 0 Å². The Balaban J connectivity index is 2.30. The molecule has 4 nitrogen and oxygen atoms in total. The molecular weight excluding hydrogens is 318 g/mol. The number of anilines is 1. The molecule has 0 heterocycles. The number of hydrogen-bond donors (Lipinski definition) is 1. The van der Waals surface area contributed by atoms with E-state index in [2.05, 4.69) is 5.32 Å². The summed E-state index contributed by atoms with van der Waals surface area (Å²) in [7, 11) is -3.30. The van der Waals surface area contributed by atoms with Crippen LogP contribution in [0.3, 0.4) is 0 Å². The van der Waals surface area contributed by atoms with E-state index in [0.29, 0.717) is 11.3 Å². The van der Waals surface area contributed by atoms with Crippen LogP contribution in [0.5, 0.6) is 0 Å². The summed E-state index contributed by atoms with van der Waals surface area (Å²) in [5, 5.41) is 2.75. The molecular formula is C16H17NO3S2. The molecule has 0 saturated heterocycles. The van der Waals surface area contributed by atoms with E-state index in [1.54, 1.807) is 23.9 Å². The monoisotopic (exact) mass is 335 g/mol. The van der Waals surface area contributed by atoms with Gasteiger partial charge in [0.2, 0.25) is 0 Å². The van der Waals surface area contributed by atoms with Gasteiger partial charge in [0.25, 0.3) is 5.91 Å². The highest BCUT2D eigenvalue weighted by molar-refractivity contribution is 7.98. The highest BCUT2D eigenvalue weighted by Gasteiger charge is 2.12. The maximum absolute atomic E-state index is 12.4. The van der Waals surface area contributed by atoms with Gasteiger partial charge >= 0.3 is 0 Å². The Bertz CT molecular complexity index is 814. The molecule has 0 unspecified atom stereocenters. The lowest BCUT2D eigenvalue weighted by atomic mass is 10.1. The number of thioether (sulfide) groups is 1. The number of aryl methyl sites for hydroxylation is 1. The molecule has 0 saturated carbocycles. The average Bonchev–Trinajstić information content (AvgIpc) is 2.47. The maximum Gasteiger partial charge on any atom is 0.255 e. The summed E-state index contributed by atoms with van der Waals surface area (Å²) >= 11 is 1.56. The van der Waals surface area contributed by atoms with Gasteiger partial charge in [0.15, 0.2) is 9.84 Å². The smallest absolute Gasteiger partial charge is 0.255 e. The maximum atomic E-state index is 12.4. The van der Waals surface area contributed by atoms with E-state index >= 15 is 0 Å². The predicted octanol–water partition coefficient (Wildman–Crippen LogP) is 3.37. The van der Waals surface area contributed by atoms with Gasteiger partial charge in [-0.15, -0.1) is 11.8 Å². The Morgan fingerprint density at radius 3 is 2.50 bits per heavy atom. The molecule has 0 aliphatic carbocycles. The van der Waals surface area contributed by atoms with Crippen LogP contribution in [-0.2, 0) is 9.84 Å². The third-order valence-corrected chi connectivity index (χ3v) is 5.04. The van der Waals surface area contributed by atoms with Crippen LogP contribution in [0.15, 0.2) is 52.3 Å². The van der Waals surface area contributed by atoms with E-state index in [-0.39, 0.29) is 10.8 Å². The molecule has 2 rings (SSSR count). The minimum atomic E-state index is -3.30. The van der Waals surface area contributed by atoms with E-state index < -0.39 is 9.84 Å². The lowest BCUT2D eigenvalue weighted by molar-refractivity contribution is 0.102. The van der Waals surface area contributed by atoms with Gasteiger partial charge < -0.3 is 5.32 Å². The minimum Gasteiger partial charge on any atom is -0.322 e. The van der Waals surface area contributed by atoms with Gasteiger partial charge in [-0.1, -0.05) is 12.1 Å². The van der Waals surface area contributed by atoms with Gasteiger partial charge in [0.05, 0.1) is 4.90 Å². The summed E-state index contributed by atoms with van der Waals surface area (Å²) in [4.78, 5) is 13.6. The van der Waals surface area contributed by atoms with Crippen molar-refractivity contribution in [1.82, 2.24) is 0 Å². The molecule has 0 aliphatic heterocycles. The van der Waals surface area contributed by atoms with E-state index in [0.717, 1.165) is 16.7 Å². The summed E-state index contributed by atoms with van der Waals surface area (Å²) in [6.07, 6.45) is 3.09. The second-order valence-electron chi connectivity index (χ2n) is 4.93. The van der Waals surface area contributed by atoms with Gasteiger partial charge in [0.1, 0.15) is 0 Å². The predicted molar refractivity (Wildman–Crippen MR) is 90.5 cm³/mol. The first kappa shape index (κ1) is 16.6. The van der Waals surface area contributed by atoms with E-state index in [1.807, 2.05) is 31.4 Å². The Kier molecular flexibility index (Phi) is 4.93. The molecule has 0 aliphatic rings. The van der Waals surface area contributed by atoms with Crippen LogP contribution in [-0.4, -0.2) is 26.8 Å². The van der Waals surface area contributed by atoms with Crippen LogP contribution in [0.2, 0.25) is 0 Å². The molecule has 0 spiro atoms. The number of benzene rings is 2. The summed E-state index contributed by atoms with van der Waals surface area (Å²) in [6, 6.07) is 11.9. The number of sulfone groups is 1. The fraction of sp³-hybridized carbons (Fsp3) is 0.188. The quantitative estimate of drug-likeness (QED) is 0.870. The lowest BCUT2D eigenvalue weighted by Gasteiger charge is -2.10. The molecule has 116 valence electrons. The second kappa shape index (κ2) is 6.54. The molecule has 0 aromatic heterocycles. The SMILES string of the molecule is CSc1ccc(C)c(C(=O)Nc2cccc(S(C)(=O)=O)c2)c1. The van der Waals surface area contributed by atoms with Crippen molar-refractivity contribution < 1.29 is 13.2 Å². The third kappa shape index (κ3) is 3.90. The number of carbonyl (C=O) groups is 1. The van der Waals surface area contributed by atoms with Gasteiger partial charge in [-0.25, -0.2) is 8.42 Å². The first-order chi connectivity index (χ1) is 10.3. The largest absolute Gasteiger partial charge is 0.322 e. The molecule has 6 heteroatoms. The van der Waals surface area contributed by atoms with Gasteiger partial charge in [-0.3, -0.25) is 4.79 Å². The fourth-order valence-corrected chi connectivity index (χ4v) is 3.08. The van der Waals surface area contributed by atoms with Crippen molar-refractivity contribution in [2.24, 2.45) is 0 Å². The zero-order valence-corrected chi connectivity index (χ0v) is 14.2. The fourth-order valence-electron chi connectivity index (χ4n) is 1.98. The highest BCUT2D eigenvalue weighted by Crippen LogP contribution is 2.21. The number of amides is 1. The number of carbonyl (C=O) groups excluding carboxylic acids is 1. The van der Waals surface area contributed by atoms with Crippen LogP contribution in [0.4, 0.5) is 5.69 Å². The summed E-state index contributed by atoms with van der Waals surface area (Å²) in [6.45, 7) is 1.87. The summed E-state index contributed by atoms with van der Waals surface area (Å²) in [5.41, 5.74) is 1.91. The standard InChI is InChI=1S/C16H17NO3S2/c1-11-7-8-13(21-2)10-15(11)16(18)17-12-5-4-6-14(9-12)22(3,19)20/h4-10H,1-3H3,(H,17,18).